The molecule has 9 heteroatoms. The lowest BCUT2D eigenvalue weighted by atomic mass is 9.74. The molecule has 0 aliphatic heterocycles. The number of Topliss-reactive ketones (excluding diaryl/α,β-unsaturated/α-hetero) is 1. The van der Waals surface area contributed by atoms with Crippen LogP contribution in [0.15, 0.2) is 42.5 Å². The Hall–Kier alpha value is -2.12. The van der Waals surface area contributed by atoms with Gasteiger partial charge in [-0.3, -0.25) is 14.9 Å². The van der Waals surface area contributed by atoms with Gasteiger partial charge in [-0.05, 0) is 36.8 Å². The molecular formula is C18H14Cl2F3NO3. The van der Waals surface area contributed by atoms with E-state index in [4.69, 9.17) is 23.2 Å². The summed E-state index contributed by atoms with van der Waals surface area (Å²) in [5.41, 5.74) is -2.87. The van der Waals surface area contributed by atoms with Crippen LogP contribution in [0.5, 0.6) is 0 Å². The number of halogens is 5. The van der Waals surface area contributed by atoms with Crippen molar-refractivity contribution in [1.82, 2.24) is 0 Å². The third-order valence-corrected chi connectivity index (χ3v) is 4.60. The molecule has 0 N–H and O–H groups in total. The van der Waals surface area contributed by atoms with Gasteiger partial charge >= 0.3 is 6.18 Å². The highest BCUT2D eigenvalue weighted by Crippen LogP contribution is 2.46. The van der Waals surface area contributed by atoms with E-state index in [9.17, 15) is 28.1 Å². The van der Waals surface area contributed by atoms with Crippen LogP contribution in [-0.4, -0.2) is 23.4 Å². The van der Waals surface area contributed by atoms with E-state index in [1.54, 1.807) is 13.0 Å². The first-order valence-corrected chi connectivity index (χ1v) is 8.45. The number of carbonyl (C=O) groups excluding carboxylic acids is 1. The molecule has 144 valence electrons. The molecule has 0 aliphatic rings. The Labute approximate surface area is 163 Å². The summed E-state index contributed by atoms with van der Waals surface area (Å²) >= 11 is 11.6. The summed E-state index contributed by atoms with van der Waals surface area (Å²) in [7, 11) is 0. The lowest BCUT2D eigenvalue weighted by Gasteiger charge is -2.32. The second kappa shape index (κ2) is 7.86. The predicted octanol–water partition coefficient (Wildman–Crippen LogP) is 5.65. The van der Waals surface area contributed by atoms with Crippen molar-refractivity contribution in [2.45, 2.75) is 24.9 Å². The number of hydrogen-bond donors (Lipinski definition) is 0. The molecule has 0 heterocycles. The fourth-order valence-electron chi connectivity index (χ4n) is 2.85. The van der Waals surface area contributed by atoms with Crippen LogP contribution in [0.1, 0.15) is 27.9 Å². The highest BCUT2D eigenvalue weighted by atomic mass is 35.5. The van der Waals surface area contributed by atoms with Crippen LogP contribution in [0, 0.1) is 17.0 Å². The van der Waals surface area contributed by atoms with E-state index >= 15 is 0 Å². The molecule has 0 bridgehead atoms. The maximum absolute atomic E-state index is 14.1. The maximum Gasteiger partial charge on any atom is 0.405 e. The van der Waals surface area contributed by atoms with Crippen molar-refractivity contribution in [3.05, 3.63) is 79.3 Å². The fraction of sp³-hybridized carbons (Fsp3) is 0.278. The topological polar surface area (TPSA) is 60.2 Å². The lowest BCUT2D eigenvalue weighted by Crippen LogP contribution is -2.49. The lowest BCUT2D eigenvalue weighted by molar-refractivity contribution is -0.501. The summed E-state index contributed by atoms with van der Waals surface area (Å²) in [5, 5.41) is 10.9. The third kappa shape index (κ3) is 4.78. The second-order valence-electron chi connectivity index (χ2n) is 6.20. The first-order valence-electron chi connectivity index (χ1n) is 7.69. The van der Waals surface area contributed by atoms with Gasteiger partial charge in [-0.2, -0.15) is 13.2 Å². The van der Waals surface area contributed by atoms with E-state index in [0.29, 0.717) is 5.56 Å². The highest BCUT2D eigenvalue weighted by molar-refractivity contribution is 6.34. The summed E-state index contributed by atoms with van der Waals surface area (Å²) in [6, 6.07) is 9.13. The molecular weight excluding hydrogens is 406 g/mol. The zero-order valence-electron chi connectivity index (χ0n) is 14.0. The van der Waals surface area contributed by atoms with Crippen LogP contribution >= 0.6 is 23.2 Å². The Morgan fingerprint density at radius 1 is 1.11 bits per heavy atom. The molecule has 2 aromatic rings. The summed E-state index contributed by atoms with van der Waals surface area (Å²) in [4.78, 5) is 22.6. The molecule has 1 atom stereocenters. The van der Waals surface area contributed by atoms with E-state index in [0.717, 1.165) is 12.1 Å². The Kier molecular flexibility index (Phi) is 6.17. The number of benzene rings is 2. The highest BCUT2D eigenvalue weighted by Gasteiger charge is 2.60. The number of nitro groups is 1. The minimum atomic E-state index is -5.09. The number of hydrogen-bond acceptors (Lipinski definition) is 3. The largest absolute Gasteiger partial charge is 0.405 e. The Morgan fingerprint density at radius 3 is 2.19 bits per heavy atom. The second-order valence-corrected chi connectivity index (χ2v) is 7.07. The van der Waals surface area contributed by atoms with Gasteiger partial charge in [0.2, 0.25) is 6.54 Å². The van der Waals surface area contributed by atoms with Gasteiger partial charge in [-0.1, -0.05) is 47.0 Å². The van der Waals surface area contributed by atoms with Crippen LogP contribution in [0.4, 0.5) is 13.2 Å². The molecule has 4 nitrogen and oxygen atoms in total. The number of nitrogens with zero attached hydrogens (tertiary/aromatic N) is 1. The van der Waals surface area contributed by atoms with Gasteiger partial charge in [-0.15, -0.1) is 0 Å². The molecule has 0 amide bonds. The van der Waals surface area contributed by atoms with Gasteiger partial charge < -0.3 is 0 Å². The van der Waals surface area contributed by atoms with Crippen molar-refractivity contribution in [2.75, 3.05) is 6.54 Å². The number of aryl methyl sites for hydroxylation is 1. The van der Waals surface area contributed by atoms with Crippen molar-refractivity contribution < 1.29 is 22.9 Å². The molecule has 0 spiro atoms. The van der Waals surface area contributed by atoms with E-state index < -0.39 is 40.8 Å². The molecule has 2 rings (SSSR count). The molecule has 27 heavy (non-hydrogen) atoms. The van der Waals surface area contributed by atoms with E-state index in [2.05, 4.69) is 0 Å². The summed E-state index contributed by atoms with van der Waals surface area (Å²) in [5.74, 6) is -0.867. The van der Waals surface area contributed by atoms with Crippen LogP contribution in [0.2, 0.25) is 10.0 Å². The van der Waals surface area contributed by atoms with Crippen LogP contribution < -0.4 is 0 Å². The van der Waals surface area contributed by atoms with E-state index in [1.807, 2.05) is 0 Å². The maximum atomic E-state index is 14.1. The Bertz CT molecular complexity index is 866. The van der Waals surface area contributed by atoms with Crippen molar-refractivity contribution >= 4 is 29.0 Å². The van der Waals surface area contributed by atoms with Crippen LogP contribution in [0.25, 0.3) is 0 Å². The number of ketones is 1. The molecule has 0 radical (unpaired) electrons. The van der Waals surface area contributed by atoms with E-state index in [-0.39, 0.29) is 15.6 Å². The average Bonchev–Trinajstić information content (AvgIpc) is 2.51. The number of carbonyl (C=O) groups is 1. The summed E-state index contributed by atoms with van der Waals surface area (Å²) < 4.78 is 42.3. The first-order chi connectivity index (χ1) is 12.4. The predicted molar refractivity (Wildman–Crippen MR) is 96.2 cm³/mol. The van der Waals surface area contributed by atoms with Gasteiger partial charge in [0.1, 0.15) is 0 Å². The van der Waals surface area contributed by atoms with Crippen LogP contribution in [0.3, 0.4) is 0 Å². The van der Waals surface area contributed by atoms with Gasteiger partial charge in [0.25, 0.3) is 0 Å². The quantitative estimate of drug-likeness (QED) is 0.345. The summed E-state index contributed by atoms with van der Waals surface area (Å²) in [6.07, 6.45) is -6.23. The van der Waals surface area contributed by atoms with Gasteiger partial charge in [-0.25, -0.2) is 0 Å². The van der Waals surface area contributed by atoms with Gasteiger partial charge in [0, 0.05) is 27.0 Å². The number of rotatable bonds is 6. The summed E-state index contributed by atoms with van der Waals surface area (Å²) in [6.45, 7) is 0.159. The zero-order valence-corrected chi connectivity index (χ0v) is 15.5. The zero-order chi connectivity index (χ0) is 20.4. The minimum absolute atomic E-state index is 0.0418. The minimum Gasteiger partial charge on any atom is -0.294 e. The number of alkyl halides is 3. The standard InChI is InChI=1S/C18H14Cl2F3NO3/c1-11-3-2-4-12(5-11)16(25)9-17(10-24(26)27,18(21,22)23)13-6-14(19)8-15(20)7-13/h2-8H,9-10H2,1H3/t17-/m0/s1. The monoisotopic (exact) mass is 419 g/mol. The normalized spacial score (nSPS) is 13.9. The van der Waals surface area contributed by atoms with Gasteiger partial charge in [0.05, 0.1) is 0 Å². The molecule has 0 saturated carbocycles. The molecule has 0 fully saturated rings. The molecule has 2 aromatic carbocycles. The molecule has 0 aliphatic carbocycles. The smallest absolute Gasteiger partial charge is 0.294 e. The Balaban J connectivity index is 2.64. The Morgan fingerprint density at radius 2 is 1.70 bits per heavy atom. The fourth-order valence-corrected chi connectivity index (χ4v) is 3.37. The van der Waals surface area contributed by atoms with Crippen molar-refractivity contribution in [1.29, 1.82) is 0 Å². The van der Waals surface area contributed by atoms with Crippen molar-refractivity contribution in [2.24, 2.45) is 0 Å². The third-order valence-electron chi connectivity index (χ3n) is 4.16. The van der Waals surface area contributed by atoms with E-state index in [1.165, 1.54) is 24.3 Å². The molecule has 0 saturated heterocycles. The van der Waals surface area contributed by atoms with Gasteiger partial charge in [0.15, 0.2) is 11.2 Å². The molecule has 0 unspecified atom stereocenters. The van der Waals surface area contributed by atoms with Crippen molar-refractivity contribution in [3.8, 4) is 0 Å². The molecule has 0 aromatic heterocycles. The average molecular weight is 420 g/mol. The van der Waals surface area contributed by atoms with Crippen molar-refractivity contribution in [3.63, 3.8) is 0 Å². The SMILES string of the molecule is Cc1cccc(C(=O)C[C@](C[N+](=O)[O-])(c2cc(Cl)cc(Cl)c2)C(F)(F)F)c1. The first kappa shape index (κ1) is 21.2. The van der Waals surface area contributed by atoms with Crippen LogP contribution in [-0.2, 0) is 5.41 Å².